The number of rotatable bonds is 3. The molecule has 2 unspecified atom stereocenters. The van der Waals surface area contributed by atoms with E-state index in [0.717, 1.165) is 31.7 Å². The van der Waals surface area contributed by atoms with E-state index in [1.807, 2.05) is 0 Å². The van der Waals surface area contributed by atoms with Crippen molar-refractivity contribution in [2.45, 2.75) is 70.4 Å². The van der Waals surface area contributed by atoms with Gasteiger partial charge in [0.05, 0.1) is 0 Å². The van der Waals surface area contributed by atoms with Crippen molar-refractivity contribution in [1.29, 1.82) is 0 Å². The molecule has 5 aliphatic rings. The lowest BCUT2D eigenvalue weighted by Crippen LogP contribution is -2.58. The van der Waals surface area contributed by atoms with Crippen LogP contribution in [0.4, 0.5) is 0 Å². The summed E-state index contributed by atoms with van der Waals surface area (Å²) in [5.41, 5.74) is 7.29. The number of fused-ring (bicyclic) bond motifs is 2. The molecular formula is C20H35N5O4. The number of hydrazine groups is 1. The third kappa shape index (κ3) is 4.25. The highest BCUT2D eigenvalue weighted by Gasteiger charge is 2.56. The van der Waals surface area contributed by atoms with Crippen molar-refractivity contribution >= 4 is 5.96 Å². The molecule has 1 aliphatic heterocycles. The smallest absolute Gasteiger partial charge is 0.242 e. The standard InChI is InChI=1S/C20H35N5O4/c1-13-8-16-10-17(11-16)9-14(2)20(13)28-26-19(27-29-20)6-4-15(5-7-19)12-23-18(21)24-25(3)22/h8,13-15,17H,4-7,9-12,22H2,1-3H3,(H3,21,23,24). The largest absolute Gasteiger partial charge is 0.368 e. The molecular weight excluding hydrogens is 374 g/mol. The highest BCUT2D eigenvalue weighted by Crippen LogP contribution is 2.51. The van der Waals surface area contributed by atoms with Crippen LogP contribution in [0.5, 0.6) is 0 Å². The summed E-state index contributed by atoms with van der Waals surface area (Å²) in [6.07, 6.45) is 9.00. The van der Waals surface area contributed by atoms with Crippen LogP contribution in [0, 0.1) is 23.7 Å². The van der Waals surface area contributed by atoms with E-state index in [2.05, 4.69) is 30.3 Å². The van der Waals surface area contributed by atoms with Gasteiger partial charge in [-0.2, -0.15) is 19.6 Å². The Morgan fingerprint density at radius 1 is 1.21 bits per heavy atom. The average Bonchev–Trinajstić information content (AvgIpc) is 2.65. The number of hydrazone groups is 1. The Bertz CT molecular complexity index is 641. The summed E-state index contributed by atoms with van der Waals surface area (Å²) >= 11 is 0. The van der Waals surface area contributed by atoms with Crippen LogP contribution < -0.4 is 16.9 Å². The lowest BCUT2D eigenvalue weighted by atomic mass is 9.68. The molecule has 29 heavy (non-hydrogen) atoms. The minimum absolute atomic E-state index is 0.0783. The number of guanidine groups is 1. The van der Waals surface area contributed by atoms with Crippen molar-refractivity contribution in [3.05, 3.63) is 11.6 Å². The van der Waals surface area contributed by atoms with Crippen LogP contribution in [-0.4, -0.2) is 36.2 Å². The van der Waals surface area contributed by atoms with Gasteiger partial charge in [0, 0.05) is 38.3 Å². The molecule has 9 nitrogen and oxygen atoms in total. The summed E-state index contributed by atoms with van der Waals surface area (Å²) in [5.74, 6) is 5.53. The van der Waals surface area contributed by atoms with Gasteiger partial charge in [0.2, 0.25) is 17.5 Å². The SMILES string of the molecule is CC1C=C2CC(C2)CC(C)C12OOC1(CCC(CN/C(N)=N/N(C)N)CC1)OO2. The summed E-state index contributed by atoms with van der Waals surface area (Å²) in [5, 5.41) is 8.22. The molecule has 0 radical (unpaired) electrons. The number of hydrogen-bond donors (Lipinski definition) is 3. The first-order valence-electron chi connectivity index (χ1n) is 10.8. The van der Waals surface area contributed by atoms with E-state index in [9.17, 15) is 0 Å². The van der Waals surface area contributed by atoms with Gasteiger partial charge >= 0.3 is 0 Å². The lowest BCUT2D eigenvalue weighted by molar-refractivity contribution is -0.672. The molecule has 0 amide bonds. The molecule has 164 valence electrons. The van der Waals surface area contributed by atoms with Gasteiger partial charge in [0.25, 0.3) is 0 Å². The van der Waals surface area contributed by atoms with E-state index in [0.29, 0.717) is 24.7 Å². The molecule has 2 bridgehead atoms. The molecule has 2 spiro atoms. The molecule has 2 saturated carbocycles. The first kappa shape index (κ1) is 20.9. The number of nitrogens with two attached hydrogens (primary N) is 2. The molecule has 5 N–H and O–H groups in total. The third-order valence-corrected chi connectivity index (χ3v) is 6.95. The monoisotopic (exact) mass is 409 g/mol. The molecule has 0 aromatic rings. The second kappa shape index (κ2) is 8.03. The van der Waals surface area contributed by atoms with E-state index < -0.39 is 11.6 Å². The Balaban J connectivity index is 1.31. The maximum Gasteiger partial charge on any atom is 0.242 e. The average molecular weight is 410 g/mol. The first-order valence-corrected chi connectivity index (χ1v) is 10.8. The number of hydrogen-bond acceptors (Lipinski definition) is 7. The minimum Gasteiger partial charge on any atom is -0.368 e. The molecule has 0 aromatic heterocycles. The zero-order valence-corrected chi connectivity index (χ0v) is 17.7. The van der Waals surface area contributed by atoms with E-state index in [4.69, 9.17) is 31.1 Å². The minimum atomic E-state index is -0.868. The van der Waals surface area contributed by atoms with Gasteiger partial charge in [0.1, 0.15) is 0 Å². The van der Waals surface area contributed by atoms with Crippen LogP contribution in [0.3, 0.4) is 0 Å². The predicted molar refractivity (Wildman–Crippen MR) is 107 cm³/mol. The van der Waals surface area contributed by atoms with E-state index in [1.54, 1.807) is 7.05 Å². The highest BCUT2D eigenvalue weighted by molar-refractivity contribution is 5.77. The van der Waals surface area contributed by atoms with E-state index >= 15 is 0 Å². The number of nitrogens with zero attached hydrogens (tertiary/aromatic N) is 2. The topological polar surface area (TPSA) is 117 Å². The predicted octanol–water partition coefficient (Wildman–Crippen LogP) is 2.12. The zero-order valence-electron chi connectivity index (χ0n) is 17.7. The molecule has 5 rings (SSSR count). The summed E-state index contributed by atoms with van der Waals surface area (Å²) in [4.78, 5) is 24.0. The van der Waals surface area contributed by atoms with Crippen molar-refractivity contribution < 1.29 is 19.6 Å². The van der Waals surface area contributed by atoms with Gasteiger partial charge in [-0.1, -0.05) is 25.5 Å². The Hall–Kier alpha value is -1.39. The molecule has 9 heteroatoms. The molecule has 4 aliphatic carbocycles. The third-order valence-electron chi connectivity index (χ3n) is 6.95. The molecule has 1 heterocycles. The molecule has 3 fully saturated rings. The van der Waals surface area contributed by atoms with Gasteiger partial charge in [0.15, 0.2) is 0 Å². The normalized spacial score (nSPS) is 42.6. The van der Waals surface area contributed by atoms with Crippen LogP contribution in [-0.2, 0) is 19.6 Å². The van der Waals surface area contributed by atoms with Crippen molar-refractivity contribution in [3.8, 4) is 0 Å². The Kier molecular flexibility index (Phi) is 5.78. The van der Waals surface area contributed by atoms with Crippen molar-refractivity contribution in [1.82, 2.24) is 10.4 Å². The zero-order chi connectivity index (χ0) is 20.6. The quantitative estimate of drug-likeness (QED) is 0.162. The van der Waals surface area contributed by atoms with Gasteiger partial charge in [-0.3, -0.25) is 0 Å². The van der Waals surface area contributed by atoms with E-state index in [1.165, 1.54) is 23.5 Å². The molecule has 1 saturated heterocycles. The van der Waals surface area contributed by atoms with E-state index in [-0.39, 0.29) is 11.8 Å². The summed E-state index contributed by atoms with van der Waals surface area (Å²) < 4.78 is 0. The number of allylic oxidation sites excluding steroid dienone is 1. The first-order chi connectivity index (χ1) is 13.8. The van der Waals surface area contributed by atoms with Crippen LogP contribution in [0.25, 0.3) is 0 Å². The second-order valence-electron chi connectivity index (χ2n) is 9.37. The maximum atomic E-state index is 6.04. The van der Waals surface area contributed by atoms with Crippen molar-refractivity contribution in [2.75, 3.05) is 13.6 Å². The van der Waals surface area contributed by atoms with Crippen LogP contribution >= 0.6 is 0 Å². The summed E-state index contributed by atoms with van der Waals surface area (Å²) in [7, 11) is 1.63. The Morgan fingerprint density at radius 2 is 1.86 bits per heavy atom. The van der Waals surface area contributed by atoms with Crippen LogP contribution in [0.1, 0.15) is 58.8 Å². The van der Waals surface area contributed by atoms with Crippen LogP contribution in [0.2, 0.25) is 0 Å². The maximum absolute atomic E-state index is 6.04. The van der Waals surface area contributed by atoms with Crippen molar-refractivity contribution in [3.63, 3.8) is 0 Å². The number of nitrogens with one attached hydrogen (secondary N) is 1. The fraction of sp³-hybridized carbons (Fsp3) is 0.850. The second-order valence-corrected chi connectivity index (χ2v) is 9.37. The molecule has 0 aromatic carbocycles. The summed E-state index contributed by atoms with van der Waals surface area (Å²) in [6, 6.07) is 0. The van der Waals surface area contributed by atoms with Gasteiger partial charge in [-0.25, -0.2) is 11.0 Å². The van der Waals surface area contributed by atoms with Gasteiger partial charge in [-0.15, -0.1) is 5.10 Å². The van der Waals surface area contributed by atoms with Crippen LogP contribution in [0.15, 0.2) is 16.8 Å². The lowest BCUT2D eigenvalue weighted by Gasteiger charge is -2.51. The Morgan fingerprint density at radius 3 is 2.48 bits per heavy atom. The summed E-state index contributed by atoms with van der Waals surface area (Å²) in [6.45, 7) is 5.03. The van der Waals surface area contributed by atoms with Gasteiger partial charge < -0.3 is 11.1 Å². The van der Waals surface area contributed by atoms with Gasteiger partial charge in [-0.05, 0) is 43.9 Å². The molecule has 2 atom stereocenters. The highest BCUT2D eigenvalue weighted by atomic mass is 17.4. The van der Waals surface area contributed by atoms with Crippen molar-refractivity contribution in [2.24, 2.45) is 40.3 Å². The fourth-order valence-electron chi connectivity index (χ4n) is 5.14. The Labute approximate surface area is 172 Å². The fourth-order valence-corrected chi connectivity index (χ4v) is 5.14.